The number of ether oxygens (including phenoxy) is 2. The van der Waals surface area contributed by atoms with E-state index in [1.54, 1.807) is 18.2 Å². The third kappa shape index (κ3) is 1.89. The van der Waals surface area contributed by atoms with E-state index in [0.717, 1.165) is 0 Å². The molecule has 0 spiro atoms. The summed E-state index contributed by atoms with van der Waals surface area (Å²) in [7, 11) is 0. The molecule has 4 aliphatic rings. The van der Waals surface area contributed by atoms with E-state index in [1.165, 1.54) is 0 Å². The number of benzene rings is 1. The minimum atomic E-state index is -2.92. The van der Waals surface area contributed by atoms with Crippen molar-refractivity contribution in [2.45, 2.75) is 18.8 Å². The van der Waals surface area contributed by atoms with Crippen LogP contribution in [0.2, 0.25) is 10.0 Å². The van der Waals surface area contributed by atoms with Crippen LogP contribution >= 0.6 is 23.2 Å². The monoisotopic (exact) mass is 362 g/mol. The molecule has 3 nitrogen and oxygen atoms in total. The summed E-state index contributed by atoms with van der Waals surface area (Å²) in [6, 6.07) is 4.92. The Labute approximate surface area is 141 Å². The standard InChI is InChI=1S/C16H14Cl2F2O3/c17-11-2-1-3-12(18)13(11)22-4-5-23-14(21)15-9-6-8(7-10(9)15)16(15,19)20/h1-3,8-10H,4-7H2. The van der Waals surface area contributed by atoms with E-state index in [1.807, 2.05) is 0 Å². The van der Waals surface area contributed by atoms with Gasteiger partial charge in [-0.25, -0.2) is 8.78 Å². The van der Waals surface area contributed by atoms with Crippen LogP contribution in [0, 0.1) is 23.2 Å². The SMILES string of the molecule is O=C(OCCOc1c(Cl)cccc1Cl)C12C3CC(CC31)C2(F)F. The fourth-order valence-corrected chi connectivity index (χ4v) is 5.04. The van der Waals surface area contributed by atoms with Gasteiger partial charge in [-0.15, -0.1) is 0 Å². The summed E-state index contributed by atoms with van der Waals surface area (Å²) < 4.78 is 38.9. The topological polar surface area (TPSA) is 35.5 Å². The second-order valence-corrected chi connectivity index (χ2v) is 7.22. The molecule has 0 aliphatic heterocycles. The molecule has 0 saturated heterocycles. The highest BCUT2D eigenvalue weighted by atomic mass is 35.5. The van der Waals surface area contributed by atoms with Gasteiger partial charge in [0.1, 0.15) is 18.6 Å². The minimum Gasteiger partial charge on any atom is -0.487 e. The molecule has 1 aromatic carbocycles. The molecule has 0 aromatic heterocycles. The molecule has 4 fully saturated rings. The molecule has 23 heavy (non-hydrogen) atoms. The van der Waals surface area contributed by atoms with Gasteiger partial charge < -0.3 is 9.47 Å². The van der Waals surface area contributed by atoms with Crippen LogP contribution in [-0.2, 0) is 9.53 Å². The zero-order valence-corrected chi connectivity index (χ0v) is 13.5. The first-order chi connectivity index (χ1) is 10.9. The maximum Gasteiger partial charge on any atom is 0.318 e. The van der Waals surface area contributed by atoms with E-state index in [4.69, 9.17) is 32.7 Å². The van der Waals surface area contributed by atoms with Gasteiger partial charge in [0.2, 0.25) is 0 Å². The second kappa shape index (κ2) is 4.96. The van der Waals surface area contributed by atoms with E-state index >= 15 is 0 Å². The fourth-order valence-electron chi connectivity index (χ4n) is 4.53. The van der Waals surface area contributed by atoms with E-state index in [0.29, 0.717) is 28.6 Å². The zero-order chi connectivity index (χ0) is 16.4. The fraction of sp³-hybridized carbons (Fsp3) is 0.562. The Bertz CT molecular complexity index is 647. The number of para-hydroxylation sites is 1. The number of alkyl halides is 2. The molecule has 0 N–H and O–H groups in total. The number of hydrogen-bond donors (Lipinski definition) is 0. The average molecular weight is 363 g/mol. The Balaban J connectivity index is 1.34. The number of carbonyl (C=O) groups excluding carboxylic acids is 1. The normalized spacial score (nSPS) is 35.2. The first-order valence-electron chi connectivity index (χ1n) is 7.52. The lowest BCUT2D eigenvalue weighted by Crippen LogP contribution is -2.37. The van der Waals surface area contributed by atoms with Crippen LogP contribution in [-0.4, -0.2) is 25.1 Å². The zero-order valence-electron chi connectivity index (χ0n) is 12.0. The first kappa shape index (κ1) is 15.5. The maximum atomic E-state index is 14.2. The van der Waals surface area contributed by atoms with Gasteiger partial charge in [0, 0.05) is 5.92 Å². The van der Waals surface area contributed by atoms with E-state index in [-0.39, 0.29) is 25.0 Å². The van der Waals surface area contributed by atoms with E-state index in [9.17, 15) is 13.6 Å². The summed E-state index contributed by atoms with van der Waals surface area (Å²) in [5.41, 5.74) is -1.56. The quantitative estimate of drug-likeness (QED) is 0.581. The predicted molar refractivity (Wildman–Crippen MR) is 80.0 cm³/mol. The van der Waals surface area contributed by atoms with Gasteiger partial charge >= 0.3 is 5.97 Å². The summed E-state index contributed by atoms with van der Waals surface area (Å²) in [4.78, 5) is 12.2. The first-order valence-corrected chi connectivity index (χ1v) is 8.28. The molecule has 1 aromatic rings. The van der Waals surface area contributed by atoms with Crippen molar-refractivity contribution in [2.24, 2.45) is 23.2 Å². The third-order valence-corrected chi connectivity index (χ3v) is 6.10. The van der Waals surface area contributed by atoms with Crippen LogP contribution in [0.15, 0.2) is 18.2 Å². The molecule has 2 unspecified atom stereocenters. The molecule has 2 atom stereocenters. The van der Waals surface area contributed by atoms with E-state index in [2.05, 4.69) is 0 Å². The van der Waals surface area contributed by atoms with Crippen molar-refractivity contribution in [3.05, 3.63) is 28.2 Å². The lowest BCUT2D eigenvalue weighted by atomic mass is 9.99. The van der Waals surface area contributed by atoms with Crippen LogP contribution in [0.25, 0.3) is 0 Å². The van der Waals surface area contributed by atoms with Crippen molar-refractivity contribution in [2.75, 3.05) is 13.2 Å². The highest BCUT2D eigenvalue weighted by Crippen LogP contribution is 2.84. The second-order valence-electron chi connectivity index (χ2n) is 6.41. The maximum absolute atomic E-state index is 14.2. The van der Waals surface area contributed by atoms with Crippen LogP contribution in [0.1, 0.15) is 12.8 Å². The van der Waals surface area contributed by atoms with Gasteiger partial charge in [0.15, 0.2) is 5.75 Å². The number of rotatable bonds is 5. The Morgan fingerprint density at radius 2 is 1.78 bits per heavy atom. The highest BCUT2D eigenvalue weighted by Gasteiger charge is 2.92. The molecular formula is C16H14Cl2F2O3. The Kier molecular flexibility index (Phi) is 3.34. The molecule has 7 heteroatoms. The van der Waals surface area contributed by atoms with Crippen molar-refractivity contribution in [3.63, 3.8) is 0 Å². The van der Waals surface area contributed by atoms with Crippen LogP contribution in [0.5, 0.6) is 5.75 Å². The van der Waals surface area contributed by atoms with Crippen molar-refractivity contribution in [1.82, 2.24) is 0 Å². The molecule has 4 saturated carbocycles. The van der Waals surface area contributed by atoms with E-state index < -0.39 is 23.2 Å². The molecule has 0 amide bonds. The summed E-state index contributed by atoms with van der Waals surface area (Å²) in [6.45, 7) is -0.0993. The van der Waals surface area contributed by atoms with Crippen LogP contribution < -0.4 is 4.74 Å². The van der Waals surface area contributed by atoms with Gasteiger partial charge in [-0.3, -0.25) is 4.79 Å². The molecular weight excluding hydrogens is 349 g/mol. The number of hydrogen-bond acceptors (Lipinski definition) is 3. The minimum absolute atomic E-state index is 0.00953. The lowest BCUT2D eigenvalue weighted by Gasteiger charge is -2.21. The highest BCUT2D eigenvalue weighted by molar-refractivity contribution is 6.37. The van der Waals surface area contributed by atoms with Gasteiger partial charge in [-0.05, 0) is 36.8 Å². The molecule has 0 radical (unpaired) electrons. The molecule has 5 rings (SSSR count). The summed E-state index contributed by atoms with van der Waals surface area (Å²) in [5, 5.41) is 0.681. The van der Waals surface area contributed by atoms with Crippen LogP contribution in [0.4, 0.5) is 8.78 Å². The Morgan fingerprint density at radius 1 is 1.17 bits per heavy atom. The Morgan fingerprint density at radius 3 is 2.30 bits per heavy atom. The summed E-state index contributed by atoms with van der Waals surface area (Å²) in [5.74, 6) is -4.47. The van der Waals surface area contributed by atoms with Crippen molar-refractivity contribution in [1.29, 1.82) is 0 Å². The summed E-state index contributed by atoms with van der Waals surface area (Å²) >= 11 is 11.9. The van der Waals surface area contributed by atoms with Crippen molar-refractivity contribution < 1.29 is 23.0 Å². The molecule has 124 valence electrons. The average Bonchev–Trinajstić information content (AvgIpc) is 2.76. The van der Waals surface area contributed by atoms with Gasteiger partial charge in [-0.1, -0.05) is 29.3 Å². The number of carbonyl (C=O) groups is 1. The number of esters is 1. The molecule has 4 bridgehead atoms. The third-order valence-electron chi connectivity index (χ3n) is 5.51. The lowest BCUT2D eigenvalue weighted by molar-refractivity contribution is -0.168. The van der Waals surface area contributed by atoms with Gasteiger partial charge in [-0.2, -0.15) is 0 Å². The summed E-state index contributed by atoms with van der Waals surface area (Å²) in [6.07, 6.45) is 0.886. The van der Waals surface area contributed by atoms with Gasteiger partial charge in [0.25, 0.3) is 5.92 Å². The number of halogens is 4. The van der Waals surface area contributed by atoms with Crippen LogP contribution in [0.3, 0.4) is 0 Å². The smallest absolute Gasteiger partial charge is 0.318 e. The van der Waals surface area contributed by atoms with Gasteiger partial charge in [0.05, 0.1) is 10.0 Å². The largest absolute Gasteiger partial charge is 0.487 e. The van der Waals surface area contributed by atoms with Crippen molar-refractivity contribution >= 4 is 29.2 Å². The Hall–Kier alpha value is -1.07. The molecule has 0 heterocycles. The van der Waals surface area contributed by atoms with Crippen molar-refractivity contribution in [3.8, 4) is 5.75 Å². The predicted octanol–water partition coefficient (Wildman–Crippen LogP) is 4.21. The molecule has 4 aliphatic carbocycles.